The summed E-state index contributed by atoms with van der Waals surface area (Å²) in [6, 6.07) is 10.1. The summed E-state index contributed by atoms with van der Waals surface area (Å²) in [5.41, 5.74) is 2.06. The number of aryl methyl sites for hydroxylation is 1. The minimum absolute atomic E-state index is 0.0579. The van der Waals surface area contributed by atoms with Crippen molar-refractivity contribution in [2.24, 2.45) is 20.0 Å². The van der Waals surface area contributed by atoms with E-state index in [4.69, 9.17) is 0 Å². The summed E-state index contributed by atoms with van der Waals surface area (Å²) in [5.74, 6) is 0.501. The standard InChI is InChI=1S/C24H33N5O3/c1-26-21(16-22(30)27(2)24(26)32)29-14-6-10-19(17-29)23(31)25-12-7-15-28-13-5-9-18-8-3-4-11-20(18)28/h3-4,8,11,16,19H,5-7,9-10,12-15,17H2,1-2H3,(H,25,31). The fourth-order valence-corrected chi connectivity index (χ4v) is 4.89. The molecule has 1 amide bonds. The van der Waals surface area contributed by atoms with E-state index in [9.17, 15) is 14.4 Å². The Morgan fingerprint density at radius 2 is 1.91 bits per heavy atom. The first-order valence-electron chi connectivity index (χ1n) is 11.6. The Labute approximate surface area is 188 Å². The number of fused-ring (bicyclic) bond motifs is 1. The molecule has 1 fully saturated rings. The highest BCUT2D eigenvalue weighted by Gasteiger charge is 2.27. The Hall–Kier alpha value is -3.03. The Morgan fingerprint density at radius 1 is 1.09 bits per heavy atom. The Kier molecular flexibility index (Phi) is 6.67. The zero-order valence-electron chi connectivity index (χ0n) is 19.0. The normalized spacial score (nSPS) is 18.4. The molecule has 0 bridgehead atoms. The van der Waals surface area contributed by atoms with Gasteiger partial charge in [0.2, 0.25) is 5.91 Å². The van der Waals surface area contributed by atoms with Crippen molar-refractivity contribution in [2.45, 2.75) is 32.1 Å². The Balaban J connectivity index is 1.30. The summed E-state index contributed by atoms with van der Waals surface area (Å²) in [5, 5.41) is 3.11. The number of rotatable bonds is 6. The Bertz CT molecular complexity index is 1090. The lowest BCUT2D eigenvalue weighted by Gasteiger charge is -2.34. The van der Waals surface area contributed by atoms with Crippen LogP contribution >= 0.6 is 0 Å². The molecule has 4 rings (SSSR count). The summed E-state index contributed by atoms with van der Waals surface area (Å²) in [6.45, 7) is 3.91. The molecule has 8 heteroatoms. The molecule has 3 heterocycles. The van der Waals surface area contributed by atoms with E-state index in [1.807, 2.05) is 4.90 Å². The topological polar surface area (TPSA) is 79.6 Å². The zero-order chi connectivity index (χ0) is 22.7. The summed E-state index contributed by atoms with van der Waals surface area (Å²) < 4.78 is 2.58. The zero-order valence-corrected chi connectivity index (χ0v) is 19.0. The molecule has 172 valence electrons. The van der Waals surface area contributed by atoms with Crippen LogP contribution in [0.3, 0.4) is 0 Å². The number of benzene rings is 1. The fourth-order valence-electron chi connectivity index (χ4n) is 4.89. The second-order valence-corrected chi connectivity index (χ2v) is 8.89. The van der Waals surface area contributed by atoms with E-state index >= 15 is 0 Å². The summed E-state index contributed by atoms with van der Waals surface area (Å²) in [4.78, 5) is 41.6. The van der Waals surface area contributed by atoms with Crippen molar-refractivity contribution in [3.05, 3.63) is 56.7 Å². The van der Waals surface area contributed by atoms with Gasteiger partial charge in [0.1, 0.15) is 5.82 Å². The highest BCUT2D eigenvalue weighted by Crippen LogP contribution is 2.26. The van der Waals surface area contributed by atoms with Crippen LogP contribution in [0.15, 0.2) is 39.9 Å². The molecular formula is C24H33N5O3. The monoisotopic (exact) mass is 439 g/mol. The third-order valence-corrected chi connectivity index (χ3v) is 6.73. The molecule has 2 aromatic rings. The van der Waals surface area contributed by atoms with Gasteiger partial charge in [-0.2, -0.15) is 0 Å². The number of carbonyl (C=O) groups is 1. The first-order chi connectivity index (χ1) is 15.5. The molecule has 0 radical (unpaired) electrons. The van der Waals surface area contributed by atoms with Crippen LogP contribution in [-0.2, 0) is 25.3 Å². The lowest BCUT2D eigenvalue weighted by molar-refractivity contribution is -0.125. The smallest absolute Gasteiger partial charge is 0.332 e. The number of aromatic nitrogens is 2. The minimum atomic E-state index is -0.349. The molecule has 1 aromatic heterocycles. The third-order valence-electron chi connectivity index (χ3n) is 6.73. The van der Waals surface area contributed by atoms with Crippen LogP contribution in [0.4, 0.5) is 11.5 Å². The van der Waals surface area contributed by atoms with Gasteiger partial charge in [-0.15, -0.1) is 0 Å². The number of para-hydroxylation sites is 1. The van der Waals surface area contributed by atoms with Gasteiger partial charge in [0, 0.05) is 58.6 Å². The molecule has 1 atom stereocenters. The van der Waals surface area contributed by atoms with Gasteiger partial charge in [0.15, 0.2) is 0 Å². The summed E-state index contributed by atoms with van der Waals surface area (Å²) in [6.07, 6.45) is 4.89. The SMILES string of the molecule is Cn1c(N2CCCC(C(=O)NCCCN3CCCc4ccccc43)C2)cc(=O)n(C)c1=O. The number of nitrogens with one attached hydrogen (secondary N) is 1. The van der Waals surface area contributed by atoms with Crippen molar-refractivity contribution in [3.63, 3.8) is 0 Å². The molecule has 32 heavy (non-hydrogen) atoms. The number of hydrogen-bond acceptors (Lipinski definition) is 5. The number of hydrogen-bond donors (Lipinski definition) is 1. The van der Waals surface area contributed by atoms with Crippen molar-refractivity contribution in [1.29, 1.82) is 0 Å². The predicted octanol–water partition coefficient (Wildman–Crippen LogP) is 1.26. The second kappa shape index (κ2) is 9.63. The second-order valence-electron chi connectivity index (χ2n) is 8.89. The molecule has 1 saturated heterocycles. The Morgan fingerprint density at radius 3 is 2.75 bits per heavy atom. The molecule has 2 aliphatic heterocycles. The van der Waals surface area contributed by atoms with Crippen LogP contribution in [0.1, 0.15) is 31.2 Å². The highest BCUT2D eigenvalue weighted by molar-refractivity contribution is 5.79. The van der Waals surface area contributed by atoms with Crippen LogP contribution in [0.2, 0.25) is 0 Å². The van der Waals surface area contributed by atoms with E-state index in [1.165, 1.54) is 35.4 Å². The average Bonchev–Trinajstić information content (AvgIpc) is 2.82. The molecule has 1 aromatic carbocycles. The molecule has 0 spiro atoms. The van der Waals surface area contributed by atoms with Crippen LogP contribution in [0, 0.1) is 5.92 Å². The maximum atomic E-state index is 12.8. The van der Waals surface area contributed by atoms with E-state index in [2.05, 4.69) is 34.5 Å². The van der Waals surface area contributed by atoms with E-state index in [-0.39, 0.29) is 23.1 Å². The molecule has 2 aliphatic rings. The maximum Gasteiger partial charge on any atom is 0.332 e. The van der Waals surface area contributed by atoms with Crippen LogP contribution in [0.5, 0.6) is 0 Å². The first kappa shape index (κ1) is 22.2. The van der Waals surface area contributed by atoms with Crippen molar-refractivity contribution in [1.82, 2.24) is 14.5 Å². The van der Waals surface area contributed by atoms with Crippen molar-refractivity contribution in [2.75, 3.05) is 42.5 Å². The van der Waals surface area contributed by atoms with Gasteiger partial charge >= 0.3 is 5.69 Å². The van der Waals surface area contributed by atoms with Crippen molar-refractivity contribution < 1.29 is 4.79 Å². The van der Waals surface area contributed by atoms with E-state index in [0.717, 1.165) is 49.9 Å². The van der Waals surface area contributed by atoms with E-state index in [1.54, 1.807) is 7.05 Å². The van der Waals surface area contributed by atoms with Gasteiger partial charge in [-0.05, 0) is 43.7 Å². The number of piperidine rings is 1. The maximum absolute atomic E-state index is 12.8. The molecule has 8 nitrogen and oxygen atoms in total. The fraction of sp³-hybridized carbons (Fsp3) is 0.542. The predicted molar refractivity (Wildman–Crippen MR) is 126 cm³/mol. The van der Waals surface area contributed by atoms with E-state index in [0.29, 0.717) is 18.9 Å². The average molecular weight is 440 g/mol. The lowest BCUT2D eigenvalue weighted by Crippen LogP contribution is -2.47. The van der Waals surface area contributed by atoms with E-state index < -0.39 is 0 Å². The van der Waals surface area contributed by atoms with Crippen molar-refractivity contribution >= 4 is 17.4 Å². The summed E-state index contributed by atoms with van der Waals surface area (Å²) in [7, 11) is 3.14. The van der Waals surface area contributed by atoms with Crippen LogP contribution < -0.4 is 26.4 Å². The van der Waals surface area contributed by atoms with Crippen molar-refractivity contribution in [3.8, 4) is 0 Å². The van der Waals surface area contributed by atoms with Gasteiger partial charge in [-0.3, -0.25) is 18.7 Å². The van der Waals surface area contributed by atoms with Gasteiger partial charge in [-0.1, -0.05) is 18.2 Å². The highest BCUT2D eigenvalue weighted by atomic mass is 16.2. The van der Waals surface area contributed by atoms with Gasteiger partial charge in [-0.25, -0.2) is 4.79 Å². The molecular weight excluding hydrogens is 406 g/mol. The molecule has 1 N–H and O–H groups in total. The first-order valence-corrected chi connectivity index (χ1v) is 11.6. The van der Waals surface area contributed by atoms with Crippen LogP contribution in [0.25, 0.3) is 0 Å². The number of nitrogens with zero attached hydrogens (tertiary/aromatic N) is 4. The number of anilines is 2. The summed E-state index contributed by atoms with van der Waals surface area (Å²) >= 11 is 0. The number of carbonyl (C=O) groups excluding carboxylic acids is 1. The van der Waals surface area contributed by atoms with Gasteiger partial charge in [0.05, 0.1) is 5.92 Å². The van der Waals surface area contributed by atoms with Gasteiger partial charge < -0.3 is 15.1 Å². The number of amides is 1. The minimum Gasteiger partial charge on any atom is -0.371 e. The largest absolute Gasteiger partial charge is 0.371 e. The third kappa shape index (κ3) is 4.59. The molecule has 0 aliphatic carbocycles. The van der Waals surface area contributed by atoms with Gasteiger partial charge in [0.25, 0.3) is 5.56 Å². The molecule has 0 saturated carbocycles. The van der Waals surface area contributed by atoms with Crippen LogP contribution in [-0.4, -0.2) is 47.8 Å². The lowest BCUT2D eigenvalue weighted by atomic mass is 9.97. The quantitative estimate of drug-likeness (QED) is 0.686. The molecule has 1 unspecified atom stereocenters.